The fourth-order valence-electron chi connectivity index (χ4n) is 1.58. The number of hydrogen-bond donors (Lipinski definition) is 0. The third-order valence-corrected chi connectivity index (χ3v) is 11.6. The molecule has 0 spiro atoms. The standard InChI is InChI=1S/C11H20NO2.3CH3.Sn/c1-6-7-8-14-11(13)12(9(2)3)10(4)5;;;;/h6-10H,1-5H3;3*1H3;/b8-7+;;;;. The maximum atomic E-state index is 11.9. The quantitative estimate of drug-likeness (QED) is 0.533. The molecule has 0 rings (SSSR count). The second-order valence-electron chi connectivity index (χ2n) is 6.46. The molecule has 0 aromatic heterocycles. The number of allylic oxidation sites excluding steroid dienone is 1. The van der Waals surface area contributed by atoms with Crippen LogP contribution in [-0.2, 0) is 4.74 Å². The third-order valence-electron chi connectivity index (χ3n) is 3.23. The molecule has 0 N–H and O–H groups in total. The van der Waals surface area contributed by atoms with Crippen molar-refractivity contribution in [3.63, 3.8) is 0 Å². The molecule has 3 nitrogen and oxygen atoms in total. The maximum absolute atomic E-state index is 11.9. The van der Waals surface area contributed by atoms with Crippen LogP contribution in [-0.4, -0.2) is 41.5 Å². The van der Waals surface area contributed by atoms with Crippen molar-refractivity contribution in [3.05, 3.63) is 12.3 Å². The Morgan fingerprint density at radius 1 is 1.06 bits per heavy atom. The summed E-state index contributed by atoms with van der Waals surface area (Å²) in [5.74, 6) is 0. The summed E-state index contributed by atoms with van der Waals surface area (Å²) >= 11 is -1.90. The number of nitrogens with zero attached hydrogens (tertiary/aromatic N) is 1. The molecule has 0 aromatic carbocycles. The summed E-state index contributed by atoms with van der Waals surface area (Å²) in [5.41, 5.74) is 0. The summed E-state index contributed by atoms with van der Waals surface area (Å²) in [6, 6.07) is 0.315. The Labute approximate surface area is 116 Å². The van der Waals surface area contributed by atoms with E-state index in [0.717, 1.165) is 0 Å². The van der Waals surface area contributed by atoms with E-state index in [1.54, 1.807) is 11.2 Å². The Bertz CT molecular complexity index is 285. The monoisotopic (exact) mass is 363 g/mol. The summed E-state index contributed by atoms with van der Waals surface area (Å²) in [7, 11) is 0. The van der Waals surface area contributed by atoms with E-state index in [-0.39, 0.29) is 18.2 Å². The second-order valence-corrected chi connectivity index (χ2v) is 22.6. The summed E-state index contributed by atoms with van der Waals surface area (Å²) in [6.07, 6.45) is 3.35. The van der Waals surface area contributed by atoms with Crippen molar-refractivity contribution >= 4 is 24.5 Å². The Kier molecular flexibility index (Phi) is 7.33. The van der Waals surface area contributed by atoms with Crippen molar-refractivity contribution in [3.8, 4) is 0 Å². The van der Waals surface area contributed by atoms with Crippen molar-refractivity contribution < 1.29 is 9.53 Å². The fourth-order valence-corrected chi connectivity index (χ4v) is 3.45. The minimum atomic E-state index is -1.90. The average Bonchev–Trinajstić information content (AvgIpc) is 2.14. The number of hydrogen-bond acceptors (Lipinski definition) is 2. The van der Waals surface area contributed by atoms with Gasteiger partial charge in [-0.05, 0) is 0 Å². The normalized spacial score (nSPS) is 14.3. The molecule has 18 heavy (non-hydrogen) atoms. The number of carbonyl (C=O) groups is 1. The van der Waals surface area contributed by atoms with Crippen LogP contribution < -0.4 is 0 Å². The molecule has 0 saturated carbocycles. The molecule has 0 aliphatic carbocycles. The van der Waals surface area contributed by atoms with Crippen LogP contribution in [0.1, 0.15) is 34.6 Å². The van der Waals surface area contributed by atoms with Gasteiger partial charge < -0.3 is 0 Å². The molecule has 106 valence electrons. The van der Waals surface area contributed by atoms with Gasteiger partial charge in [-0.2, -0.15) is 0 Å². The molecule has 0 heterocycles. The van der Waals surface area contributed by atoms with Crippen LogP contribution in [0.5, 0.6) is 0 Å². The van der Waals surface area contributed by atoms with Crippen LogP contribution in [0.3, 0.4) is 0 Å². The predicted molar refractivity (Wildman–Crippen MR) is 80.5 cm³/mol. The van der Waals surface area contributed by atoms with E-state index in [9.17, 15) is 4.79 Å². The molecule has 0 radical (unpaired) electrons. The summed E-state index contributed by atoms with van der Waals surface area (Å²) in [5, 5.41) is 0. The second kappa shape index (κ2) is 7.41. The van der Waals surface area contributed by atoms with Crippen molar-refractivity contribution in [1.29, 1.82) is 0 Å². The van der Waals surface area contributed by atoms with Crippen LogP contribution in [0.15, 0.2) is 12.3 Å². The molecule has 1 amide bonds. The average molecular weight is 362 g/mol. The van der Waals surface area contributed by atoms with Crippen molar-refractivity contribution in [1.82, 2.24) is 4.90 Å². The van der Waals surface area contributed by atoms with Gasteiger partial charge in [-0.1, -0.05) is 0 Å². The first-order valence-electron chi connectivity index (χ1n) is 6.73. The first-order valence-corrected chi connectivity index (χ1v) is 16.9. The molecule has 1 atom stereocenters. The molecule has 0 aromatic rings. The van der Waals surface area contributed by atoms with Gasteiger partial charge in [0.1, 0.15) is 0 Å². The Morgan fingerprint density at radius 2 is 1.50 bits per heavy atom. The Balaban J connectivity index is 4.46. The topological polar surface area (TPSA) is 29.5 Å². The van der Waals surface area contributed by atoms with Gasteiger partial charge in [0.25, 0.3) is 0 Å². The number of amides is 1. The zero-order valence-corrected chi connectivity index (χ0v) is 16.0. The van der Waals surface area contributed by atoms with Crippen molar-refractivity contribution in [2.75, 3.05) is 0 Å². The number of carbonyl (C=O) groups excluding carboxylic acids is 1. The molecule has 0 saturated heterocycles. The van der Waals surface area contributed by atoms with Gasteiger partial charge in [0.15, 0.2) is 0 Å². The number of rotatable bonds is 5. The predicted octanol–water partition coefficient (Wildman–Crippen LogP) is 4.48. The van der Waals surface area contributed by atoms with Gasteiger partial charge in [0.2, 0.25) is 0 Å². The summed E-state index contributed by atoms with van der Waals surface area (Å²) in [4.78, 5) is 20.8. The van der Waals surface area contributed by atoms with E-state index < -0.39 is 18.4 Å². The van der Waals surface area contributed by atoms with E-state index in [1.165, 1.54) is 0 Å². The van der Waals surface area contributed by atoms with Gasteiger partial charge in [0.05, 0.1) is 0 Å². The van der Waals surface area contributed by atoms with E-state index in [0.29, 0.717) is 3.93 Å². The van der Waals surface area contributed by atoms with Gasteiger partial charge in [-0.3, -0.25) is 0 Å². The van der Waals surface area contributed by atoms with E-state index >= 15 is 0 Å². The fraction of sp³-hybridized carbons (Fsp3) is 0.786. The van der Waals surface area contributed by atoms with Gasteiger partial charge in [-0.25, -0.2) is 0 Å². The molecule has 0 aliphatic rings. The van der Waals surface area contributed by atoms with Gasteiger partial charge >= 0.3 is 117 Å². The van der Waals surface area contributed by atoms with Gasteiger partial charge in [0, 0.05) is 0 Å². The van der Waals surface area contributed by atoms with E-state index in [4.69, 9.17) is 4.74 Å². The Hall–Kier alpha value is -0.191. The Morgan fingerprint density at radius 3 is 1.83 bits per heavy atom. The first-order chi connectivity index (χ1) is 8.07. The number of ether oxygens (including phenoxy) is 1. The van der Waals surface area contributed by atoms with Crippen LogP contribution in [0.4, 0.5) is 4.79 Å². The SMILES string of the molecule is CC(C)N(C(=O)O/C=C/[C@H](C)[Sn]([CH3])([CH3])[CH3])C(C)C. The minimum absolute atomic E-state index is 0.158. The van der Waals surface area contributed by atoms with Gasteiger partial charge in [-0.15, -0.1) is 0 Å². The van der Waals surface area contributed by atoms with E-state index in [1.807, 2.05) is 33.8 Å². The summed E-state index contributed by atoms with van der Waals surface area (Å²) in [6.45, 7) is 10.2. The van der Waals surface area contributed by atoms with Crippen LogP contribution >= 0.6 is 0 Å². The van der Waals surface area contributed by atoms with Crippen LogP contribution in [0.2, 0.25) is 18.8 Å². The zero-order valence-electron chi connectivity index (χ0n) is 13.2. The van der Waals surface area contributed by atoms with E-state index in [2.05, 4.69) is 21.7 Å². The molecule has 0 unspecified atom stereocenters. The molecule has 0 bridgehead atoms. The molecule has 0 fully saturated rings. The van der Waals surface area contributed by atoms with Crippen molar-refractivity contribution in [2.24, 2.45) is 0 Å². The third kappa shape index (κ3) is 6.12. The van der Waals surface area contributed by atoms with Crippen molar-refractivity contribution in [2.45, 2.75) is 65.5 Å². The molecular weight excluding hydrogens is 333 g/mol. The summed E-state index contributed by atoms with van der Waals surface area (Å²) < 4.78 is 5.80. The zero-order chi connectivity index (χ0) is 14.5. The molecule has 4 heteroatoms. The van der Waals surface area contributed by atoms with Crippen LogP contribution in [0, 0.1) is 0 Å². The molecular formula is C14H29NO2Sn. The van der Waals surface area contributed by atoms with Crippen LogP contribution in [0.25, 0.3) is 0 Å². The molecule has 0 aliphatic heterocycles. The first kappa shape index (κ1) is 17.8.